The fraction of sp³-hybridized carbons (Fsp3) is 0.750. The predicted molar refractivity (Wildman–Crippen MR) is 42.0 cm³/mol. The van der Waals surface area contributed by atoms with E-state index in [1.807, 2.05) is 6.92 Å². The maximum Gasteiger partial charge on any atom is 0.305 e. The number of esters is 1. The molecule has 0 aromatic rings. The Morgan fingerprint density at radius 2 is 2.27 bits per heavy atom. The molecular weight excluding hydrogens is 144 g/mol. The highest BCUT2D eigenvalue weighted by Gasteiger charge is 2.04. The van der Waals surface area contributed by atoms with E-state index in [1.165, 1.54) is 0 Å². The van der Waals surface area contributed by atoms with E-state index >= 15 is 0 Å². The molecule has 0 aromatic carbocycles. The number of hydrogen-bond donors (Lipinski definition) is 0. The fourth-order valence-electron chi connectivity index (χ4n) is 0.495. The van der Waals surface area contributed by atoms with E-state index in [0.717, 1.165) is 0 Å². The molecule has 0 rings (SSSR count). The van der Waals surface area contributed by atoms with Crippen molar-refractivity contribution in [3.05, 3.63) is 6.92 Å². The van der Waals surface area contributed by atoms with E-state index < -0.39 is 0 Å². The largest absolute Gasteiger partial charge is 0.463 e. The van der Waals surface area contributed by atoms with Gasteiger partial charge in [0.2, 0.25) is 0 Å². The summed E-state index contributed by atoms with van der Waals surface area (Å²) in [6.07, 6.45) is 0.945. The van der Waals surface area contributed by atoms with Gasteiger partial charge in [-0.3, -0.25) is 4.79 Å². The highest BCUT2D eigenvalue weighted by atomic mass is 16.6. The van der Waals surface area contributed by atoms with Crippen LogP contribution < -0.4 is 0 Å². The molecule has 1 radical (unpaired) electrons. The Bertz CT molecular complexity index is 112. The number of methoxy groups -OCH3 is 1. The van der Waals surface area contributed by atoms with Crippen LogP contribution in [-0.4, -0.2) is 25.8 Å². The van der Waals surface area contributed by atoms with Gasteiger partial charge in [0.25, 0.3) is 0 Å². The molecule has 0 aliphatic heterocycles. The van der Waals surface area contributed by atoms with Crippen LogP contribution in [0.4, 0.5) is 0 Å². The van der Waals surface area contributed by atoms with Crippen molar-refractivity contribution >= 4 is 5.97 Å². The minimum Gasteiger partial charge on any atom is -0.463 e. The summed E-state index contributed by atoms with van der Waals surface area (Å²) in [4.78, 5) is 10.7. The highest BCUT2D eigenvalue weighted by molar-refractivity contribution is 5.69. The van der Waals surface area contributed by atoms with E-state index in [4.69, 9.17) is 9.47 Å². The van der Waals surface area contributed by atoms with Crippen molar-refractivity contribution in [2.45, 2.75) is 25.9 Å². The Morgan fingerprint density at radius 3 is 2.73 bits per heavy atom. The van der Waals surface area contributed by atoms with Gasteiger partial charge in [0.1, 0.15) is 6.61 Å². The topological polar surface area (TPSA) is 35.5 Å². The quantitative estimate of drug-likeness (QED) is 0.565. The Labute approximate surface area is 67.7 Å². The lowest BCUT2D eigenvalue weighted by atomic mass is 10.3. The second-order valence-corrected chi connectivity index (χ2v) is 2.33. The molecule has 1 unspecified atom stereocenters. The van der Waals surface area contributed by atoms with Crippen LogP contribution in [0.25, 0.3) is 0 Å². The van der Waals surface area contributed by atoms with E-state index in [1.54, 1.807) is 7.11 Å². The molecule has 0 spiro atoms. The molecule has 0 N–H and O–H groups in total. The third-order valence-electron chi connectivity index (χ3n) is 1.26. The first-order chi connectivity index (χ1) is 5.20. The monoisotopic (exact) mass is 159 g/mol. The van der Waals surface area contributed by atoms with Crippen molar-refractivity contribution in [3.8, 4) is 0 Å². The molecule has 1 atom stereocenters. The lowest BCUT2D eigenvalue weighted by Gasteiger charge is -2.09. The van der Waals surface area contributed by atoms with E-state index in [2.05, 4.69) is 6.92 Å². The number of carbonyl (C=O) groups is 1. The van der Waals surface area contributed by atoms with Crippen LogP contribution in [0, 0.1) is 6.92 Å². The fourth-order valence-corrected chi connectivity index (χ4v) is 0.495. The Morgan fingerprint density at radius 1 is 1.64 bits per heavy atom. The van der Waals surface area contributed by atoms with Crippen molar-refractivity contribution < 1.29 is 14.3 Å². The summed E-state index contributed by atoms with van der Waals surface area (Å²) in [7, 11) is 1.58. The van der Waals surface area contributed by atoms with Gasteiger partial charge in [-0.2, -0.15) is 0 Å². The van der Waals surface area contributed by atoms with Crippen LogP contribution in [0.1, 0.15) is 19.8 Å². The molecule has 0 aliphatic rings. The number of carbonyl (C=O) groups excluding carboxylic acids is 1. The minimum atomic E-state index is -0.205. The van der Waals surface area contributed by atoms with Gasteiger partial charge in [0, 0.05) is 13.5 Å². The zero-order chi connectivity index (χ0) is 8.69. The summed E-state index contributed by atoms with van der Waals surface area (Å²) in [5, 5.41) is 0. The summed E-state index contributed by atoms with van der Waals surface area (Å²) in [6.45, 7) is 5.71. The lowest BCUT2D eigenvalue weighted by molar-refractivity contribution is -0.146. The molecule has 3 nitrogen and oxygen atoms in total. The van der Waals surface area contributed by atoms with Gasteiger partial charge in [-0.05, 0) is 13.3 Å². The van der Waals surface area contributed by atoms with Crippen LogP contribution in [0.15, 0.2) is 0 Å². The van der Waals surface area contributed by atoms with Crippen LogP contribution in [-0.2, 0) is 14.3 Å². The van der Waals surface area contributed by atoms with Gasteiger partial charge in [0.15, 0.2) is 0 Å². The summed E-state index contributed by atoms with van der Waals surface area (Å²) in [5.74, 6) is -0.205. The van der Waals surface area contributed by atoms with Gasteiger partial charge in [-0.15, -0.1) is 0 Å². The van der Waals surface area contributed by atoms with Crippen LogP contribution in [0.3, 0.4) is 0 Å². The average Bonchev–Trinajstić information content (AvgIpc) is 2.01. The molecule has 65 valence electrons. The maximum atomic E-state index is 10.7. The van der Waals surface area contributed by atoms with Crippen molar-refractivity contribution in [3.63, 3.8) is 0 Å². The molecule has 0 amide bonds. The SMILES string of the molecule is [CH2]CCC(=O)OCC(C)OC. The van der Waals surface area contributed by atoms with Crippen LogP contribution in [0.5, 0.6) is 0 Å². The molecule has 0 aromatic heterocycles. The summed E-state index contributed by atoms with van der Waals surface area (Å²) in [5.41, 5.74) is 0. The van der Waals surface area contributed by atoms with Crippen molar-refractivity contribution in [1.29, 1.82) is 0 Å². The number of hydrogen-bond acceptors (Lipinski definition) is 3. The Balaban J connectivity index is 3.30. The molecule has 0 aliphatic carbocycles. The molecule has 0 heterocycles. The van der Waals surface area contributed by atoms with Crippen molar-refractivity contribution in [2.75, 3.05) is 13.7 Å². The normalized spacial score (nSPS) is 12.6. The molecule has 0 fully saturated rings. The zero-order valence-corrected chi connectivity index (χ0v) is 7.13. The van der Waals surface area contributed by atoms with E-state index in [9.17, 15) is 4.79 Å². The van der Waals surface area contributed by atoms with Crippen molar-refractivity contribution in [2.24, 2.45) is 0 Å². The third kappa shape index (κ3) is 5.85. The van der Waals surface area contributed by atoms with Crippen LogP contribution in [0.2, 0.25) is 0 Å². The molecule has 3 heteroatoms. The second kappa shape index (κ2) is 6.16. The number of ether oxygens (including phenoxy) is 2. The second-order valence-electron chi connectivity index (χ2n) is 2.33. The summed E-state index contributed by atoms with van der Waals surface area (Å²) < 4.78 is 9.72. The third-order valence-corrected chi connectivity index (χ3v) is 1.26. The van der Waals surface area contributed by atoms with Gasteiger partial charge in [-0.25, -0.2) is 0 Å². The Kier molecular flexibility index (Phi) is 5.84. The zero-order valence-electron chi connectivity index (χ0n) is 7.13. The Hall–Kier alpha value is -0.570. The van der Waals surface area contributed by atoms with Gasteiger partial charge in [0.05, 0.1) is 6.10 Å². The van der Waals surface area contributed by atoms with E-state index in [-0.39, 0.29) is 12.1 Å². The maximum absolute atomic E-state index is 10.7. The lowest BCUT2D eigenvalue weighted by Crippen LogP contribution is -2.17. The smallest absolute Gasteiger partial charge is 0.305 e. The average molecular weight is 159 g/mol. The van der Waals surface area contributed by atoms with Crippen LogP contribution >= 0.6 is 0 Å². The highest BCUT2D eigenvalue weighted by Crippen LogP contribution is 1.94. The molecule has 0 saturated carbocycles. The molecule has 11 heavy (non-hydrogen) atoms. The molecule has 0 bridgehead atoms. The molecule has 0 saturated heterocycles. The summed E-state index contributed by atoms with van der Waals surface area (Å²) >= 11 is 0. The number of rotatable bonds is 5. The van der Waals surface area contributed by atoms with Crippen molar-refractivity contribution in [1.82, 2.24) is 0 Å². The van der Waals surface area contributed by atoms with Gasteiger partial charge in [-0.1, -0.05) is 6.92 Å². The van der Waals surface area contributed by atoms with Gasteiger partial charge >= 0.3 is 5.97 Å². The van der Waals surface area contributed by atoms with Gasteiger partial charge < -0.3 is 9.47 Å². The first kappa shape index (κ1) is 10.4. The minimum absolute atomic E-state index is 0.0243. The first-order valence-electron chi connectivity index (χ1n) is 3.68. The van der Waals surface area contributed by atoms with E-state index in [0.29, 0.717) is 19.4 Å². The standard InChI is InChI=1S/C8H15O3/c1-4-5-8(9)11-6-7(2)10-3/h7H,1,4-6H2,2-3H3. The molecular formula is C8H15O3. The summed E-state index contributed by atoms with van der Waals surface area (Å²) in [6, 6.07) is 0. The first-order valence-corrected chi connectivity index (χ1v) is 3.68. The predicted octanol–water partition coefficient (Wildman–Crippen LogP) is 1.18.